The molecule has 196 valence electrons. The summed E-state index contributed by atoms with van der Waals surface area (Å²) in [7, 11) is 0. The van der Waals surface area contributed by atoms with Gasteiger partial charge in [0.05, 0.1) is 0 Å². The fourth-order valence-electron chi connectivity index (χ4n) is 5.38. The van der Waals surface area contributed by atoms with Crippen LogP contribution >= 0.6 is 11.3 Å². The van der Waals surface area contributed by atoms with Crippen LogP contribution in [0.25, 0.3) is 73.0 Å². The highest BCUT2D eigenvalue weighted by atomic mass is 32.1. The van der Waals surface area contributed by atoms with Crippen LogP contribution < -0.4 is 10.6 Å². The van der Waals surface area contributed by atoms with Gasteiger partial charge in [0.25, 0.3) is 0 Å². The molecule has 0 aliphatic carbocycles. The standard InChI is InChI=1S/C37H30O2S/c1-7-12-31-35(22(2)3)28-18-17-26(21-33(28)39-31)36-29-14-9-11-16-34(29)40-37(36)24(5)19-23(4)20-32-25(6)27-13-8-10-15-30(27)38-32/h7-21H,2,4,6H2,1,3,5H3. The van der Waals surface area contributed by atoms with Crippen LogP contribution in [0.1, 0.15) is 37.0 Å². The topological polar surface area (TPSA) is 26.3 Å². The molecule has 2 nitrogen and oxygen atoms in total. The molecule has 0 aliphatic rings. The smallest absolute Gasteiger partial charge is 0.136 e. The van der Waals surface area contributed by atoms with Crippen molar-refractivity contribution in [1.29, 1.82) is 0 Å². The molecule has 3 heterocycles. The number of hydrogen-bond donors (Lipinski definition) is 0. The van der Waals surface area contributed by atoms with Crippen molar-refractivity contribution in [2.45, 2.75) is 20.8 Å². The van der Waals surface area contributed by atoms with Crippen molar-refractivity contribution in [2.24, 2.45) is 0 Å². The molecule has 6 rings (SSSR count). The van der Waals surface area contributed by atoms with Crippen molar-refractivity contribution in [3.8, 4) is 11.1 Å². The van der Waals surface area contributed by atoms with E-state index < -0.39 is 0 Å². The van der Waals surface area contributed by atoms with E-state index in [1.54, 1.807) is 11.3 Å². The second-order valence-electron chi connectivity index (χ2n) is 10.1. The highest BCUT2D eigenvalue weighted by Gasteiger charge is 2.18. The van der Waals surface area contributed by atoms with Crippen LogP contribution in [0.2, 0.25) is 0 Å². The summed E-state index contributed by atoms with van der Waals surface area (Å²) in [5.41, 5.74) is 8.79. The highest BCUT2D eigenvalue weighted by Crippen LogP contribution is 2.44. The zero-order valence-electron chi connectivity index (χ0n) is 23.0. The van der Waals surface area contributed by atoms with E-state index in [1.807, 2.05) is 56.3 Å². The van der Waals surface area contributed by atoms with Crippen LogP contribution in [-0.2, 0) is 0 Å². The maximum absolute atomic E-state index is 6.32. The van der Waals surface area contributed by atoms with E-state index in [-0.39, 0.29) is 0 Å². The molecule has 0 amide bonds. The van der Waals surface area contributed by atoms with Crippen molar-refractivity contribution in [3.05, 3.63) is 124 Å². The van der Waals surface area contributed by atoms with Crippen LogP contribution in [0.5, 0.6) is 0 Å². The summed E-state index contributed by atoms with van der Waals surface area (Å²) in [5.74, 6) is 0.843. The first-order valence-electron chi connectivity index (χ1n) is 13.3. The Hall–Kier alpha value is -4.60. The van der Waals surface area contributed by atoms with E-state index in [0.29, 0.717) is 0 Å². The third-order valence-electron chi connectivity index (χ3n) is 7.15. The number of benzene rings is 3. The number of thiophene rings is 1. The summed E-state index contributed by atoms with van der Waals surface area (Å²) in [6.45, 7) is 18.9. The monoisotopic (exact) mass is 538 g/mol. The first-order chi connectivity index (χ1) is 19.4. The highest BCUT2D eigenvalue weighted by molar-refractivity contribution is 7.20. The van der Waals surface area contributed by atoms with E-state index >= 15 is 0 Å². The Kier molecular flexibility index (Phi) is 6.53. The number of allylic oxidation sites excluding steroid dienone is 5. The quantitative estimate of drug-likeness (QED) is 0.197. The van der Waals surface area contributed by atoms with E-state index in [2.05, 4.69) is 75.2 Å². The molecule has 0 saturated heterocycles. The number of para-hydroxylation sites is 1. The molecule has 0 unspecified atom stereocenters. The molecule has 0 saturated carbocycles. The molecule has 0 spiro atoms. The molecule has 3 aromatic carbocycles. The minimum Gasteiger partial charge on any atom is -0.456 e. The summed E-state index contributed by atoms with van der Waals surface area (Å²) >= 11 is 1.79. The Morgan fingerprint density at radius 1 is 0.850 bits per heavy atom. The van der Waals surface area contributed by atoms with E-state index in [9.17, 15) is 0 Å². The zero-order valence-corrected chi connectivity index (χ0v) is 23.8. The predicted molar refractivity (Wildman–Crippen MR) is 175 cm³/mol. The summed E-state index contributed by atoms with van der Waals surface area (Å²) in [6, 6.07) is 23.0. The van der Waals surface area contributed by atoms with Gasteiger partial charge in [0.15, 0.2) is 0 Å². The molecule has 6 aromatic rings. The van der Waals surface area contributed by atoms with Crippen LogP contribution in [0.3, 0.4) is 0 Å². The fraction of sp³-hybridized carbons (Fsp3) is 0.0811. The lowest BCUT2D eigenvalue weighted by Crippen LogP contribution is -2.17. The first-order valence-corrected chi connectivity index (χ1v) is 14.1. The van der Waals surface area contributed by atoms with Crippen molar-refractivity contribution in [3.63, 3.8) is 0 Å². The van der Waals surface area contributed by atoms with Crippen molar-refractivity contribution < 1.29 is 8.83 Å². The molecular formula is C37H30O2S. The average Bonchev–Trinajstić information content (AvgIpc) is 3.60. The first kappa shape index (κ1) is 25.7. The van der Waals surface area contributed by atoms with Gasteiger partial charge in [-0.05, 0) is 79.5 Å². The Morgan fingerprint density at radius 3 is 2.35 bits per heavy atom. The zero-order chi connectivity index (χ0) is 28.0. The third-order valence-corrected chi connectivity index (χ3v) is 8.46. The van der Waals surface area contributed by atoms with Gasteiger partial charge in [-0.1, -0.05) is 74.4 Å². The molecule has 0 atom stereocenters. The molecule has 0 bridgehead atoms. The molecule has 0 N–H and O–H groups in total. The lowest BCUT2D eigenvalue weighted by atomic mass is 9.96. The summed E-state index contributed by atoms with van der Waals surface area (Å²) < 4.78 is 13.6. The Bertz CT molecular complexity index is 2140. The summed E-state index contributed by atoms with van der Waals surface area (Å²) in [4.78, 5) is 1.20. The maximum Gasteiger partial charge on any atom is 0.136 e. The summed E-state index contributed by atoms with van der Waals surface area (Å²) in [6.07, 6.45) is 8.09. The van der Waals surface area contributed by atoms with Crippen LogP contribution in [0.4, 0.5) is 0 Å². The van der Waals surface area contributed by atoms with Crippen LogP contribution in [0, 0.1) is 0 Å². The maximum atomic E-state index is 6.32. The van der Waals surface area contributed by atoms with E-state index in [0.717, 1.165) is 66.2 Å². The molecule has 40 heavy (non-hydrogen) atoms. The number of furan rings is 2. The fourth-order valence-corrected chi connectivity index (χ4v) is 6.57. The number of hydrogen-bond acceptors (Lipinski definition) is 3. The van der Waals surface area contributed by atoms with Gasteiger partial charge < -0.3 is 8.83 Å². The molecule has 0 fully saturated rings. The predicted octanol–water partition coefficient (Wildman–Crippen LogP) is 9.98. The van der Waals surface area contributed by atoms with Crippen molar-refractivity contribution >= 4 is 73.2 Å². The molecule has 3 aromatic heterocycles. The van der Waals surface area contributed by atoms with E-state index in [1.165, 1.54) is 20.5 Å². The second-order valence-corrected chi connectivity index (χ2v) is 11.2. The van der Waals surface area contributed by atoms with Gasteiger partial charge in [0.2, 0.25) is 0 Å². The number of rotatable bonds is 6. The van der Waals surface area contributed by atoms with Gasteiger partial charge in [-0.3, -0.25) is 0 Å². The lowest BCUT2D eigenvalue weighted by Gasteiger charge is -2.07. The normalized spacial score (nSPS) is 12.9. The van der Waals surface area contributed by atoms with Gasteiger partial charge >= 0.3 is 0 Å². The van der Waals surface area contributed by atoms with Gasteiger partial charge in [-0.2, -0.15) is 0 Å². The Morgan fingerprint density at radius 2 is 1.60 bits per heavy atom. The Labute approximate surface area is 237 Å². The van der Waals surface area contributed by atoms with E-state index in [4.69, 9.17) is 8.83 Å². The molecule has 3 heteroatoms. The largest absolute Gasteiger partial charge is 0.456 e. The SMILES string of the molecule is C=C(C=C(C)c1sc2ccccc2c1-c1ccc2c(C(=C)C)c(C=CC)oc2c1)C=c1oc2ccccc2c1=C. The minimum absolute atomic E-state index is 0.736. The van der Waals surface area contributed by atoms with Crippen LogP contribution in [0.15, 0.2) is 106 Å². The Balaban J connectivity index is 1.48. The van der Waals surface area contributed by atoms with Gasteiger partial charge in [0.1, 0.15) is 22.3 Å². The minimum atomic E-state index is 0.736. The van der Waals surface area contributed by atoms with Crippen LogP contribution in [-0.4, -0.2) is 0 Å². The average molecular weight is 539 g/mol. The molecular weight excluding hydrogens is 508 g/mol. The third kappa shape index (κ3) is 4.39. The van der Waals surface area contributed by atoms with Gasteiger partial charge in [-0.25, -0.2) is 0 Å². The molecule has 0 aliphatic heterocycles. The molecule has 0 radical (unpaired) electrons. The second kappa shape index (κ2) is 10.2. The van der Waals surface area contributed by atoms with Gasteiger partial charge in [0, 0.05) is 42.1 Å². The number of fused-ring (bicyclic) bond motifs is 3. The van der Waals surface area contributed by atoms with Crippen molar-refractivity contribution in [1.82, 2.24) is 0 Å². The lowest BCUT2D eigenvalue weighted by molar-refractivity contribution is 0.575. The van der Waals surface area contributed by atoms with Crippen molar-refractivity contribution in [2.75, 3.05) is 0 Å². The van der Waals surface area contributed by atoms with Gasteiger partial charge in [-0.15, -0.1) is 11.3 Å². The summed E-state index contributed by atoms with van der Waals surface area (Å²) in [5, 5.41) is 4.20.